The van der Waals surface area contributed by atoms with Gasteiger partial charge < -0.3 is 10.1 Å². The Labute approximate surface area is 53.4 Å². The number of aldehydes is 1. The summed E-state index contributed by atoms with van der Waals surface area (Å²) in [5.74, 6) is -0.303. The van der Waals surface area contributed by atoms with Crippen LogP contribution in [0.1, 0.15) is 6.42 Å². The molecule has 0 spiro atoms. The average Bonchev–Trinajstić information content (AvgIpc) is 1.89. The lowest BCUT2D eigenvalue weighted by Crippen LogP contribution is -2.37. The molecule has 0 radical (unpaired) electrons. The Balaban J connectivity index is 2.48. The third-order valence-electron chi connectivity index (χ3n) is 1.49. The predicted molar refractivity (Wildman–Crippen MR) is 32.0 cm³/mol. The largest absolute Gasteiger partial charge is 0.315 e. The van der Waals surface area contributed by atoms with Crippen LogP contribution in [0.15, 0.2) is 0 Å². The van der Waals surface area contributed by atoms with Gasteiger partial charge >= 0.3 is 0 Å². The molecule has 0 bridgehead atoms. The maximum Gasteiger partial charge on any atom is 0.145 e. The molecule has 1 atom stereocenters. The molecule has 50 valence electrons. The quantitative estimate of drug-likeness (QED) is 0.376. The Kier molecular flexibility index (Phi) is 1.95. The van der Waals surface area contributed by atoms with Crippen LogP contribution >= 0.6 is 0 Å². The van der Waals surface area contributed by atoms with E-state index in [1.807, 2.05) is 0 Å². The van der Waals surface area contributed by atoms with Crippen molar-refractivity contribution in [2.45, 2.75) is 6.42 Å². The minimum absolute atomic E-state index is 0.0729. The molecule has 0 aromatic heterocycles. The number of ketones is 1. The molecule has 1 saturated heterocycles. The summed E-state index contributed by atoms with van der Waals surface area (Å²) in [6.07, 6.45) is 1.22. The van der Waals surface area contributed by atoms with Gasteiger partial charge in [-0.05, 0) is 0 Å². The molecular formula is C6H9NO2. The number of carbonyl (C=O) groups excluding carboxylic acids is 2. The molecule has 0 aromatic rings. The summed E-state index contributed by atoms with van der Waals surface area (Å²) < 4.78 is 0. The fraction of sp³-hybridized carbons (Fsp3) is 0.667. The van der Waals surface area contributed by atoms with E-state index in [-0.39, 0.29) is 11.7 Å². The highest BCUT2D eigenvalue weighted by Crippen LogP contribution is 2.00. The van der Waals surface area contributed by atoms with Gasteiger partial charge in [-0.2, -0.15) is 0 Å². The number of nitrogens with one attached hydrogen (secondary N) is 1. The molecule has 1 aliphatic rings. The highest BCUT2D eigenvalue weighted by molar-refractivity contribution is 5.94. The first-order chi connectivity index (χ1) is 4.34. The maximum atomic E-state index is 10.8. The van der Waals surface area contributed by atoms with Crippen molar-refractivity contribution >= 4 is 12.1 Å². The Bertz CT molecular complexity index is 133. The zero-order valence-corrected chi connectivity index (χ0v) is 5.09. The van der Waals surface area contributed by atoms with E-state index >= 15 is 0 Å². The minimum atomic E-state index is -0.376. The number of piperidine rings is 1. The summed E-state index contributed by atoms with van der Waals surface area (Å²) in [7, 11) is 0. The predicted octanol–water partition coefficient (Wildman–Crippen LogP) is -0.636. The van der Waals surface area contributed by atoms with Gasteiger partial charge in [-0.3, -0.25) is 4.79 Å². The van der Waals surface area contributed by atoms with Crippen molar-refractivity contribution in [1.29, 1.82) is 0 Å². The van der Waals surface area contributed by atoms with E-state index in [0.717, 1.165) is 6.54 Å². The van der Waals surface area contributed by atoms with Gasteiger partial charge in [0.1, 0.15) is 12.1 Å². The van der Waals surface area contributed by atoms with Crippen molar-refractivity contribution in [3.05, 3.63) is 0 Å². The lowest BCUT2D eigenvalue weighted by atomic mass is 10.0. The number of hydrogen-bond donors (Lipinski definition) is 1. The second-order valence-corrected chi connectivity index (χ2v) is 2.16. The van der Waals surface area contributed by atoms with Crippen LogP contribution in [0.5, 0.6) is 0 Å². The lowest BCUT2D eigenvalue weighted by Gasteiger charge is -2.15. The van der Waals surface area contributed by atoms with Crippen LogP contribution in [0, 0.1) is 5.92 Å². The first-order valence-electron chi connectivity index (χ1n) is 3.03. The topological polar surface area (TPSA) is 46.2 Å². The highest BCUT2D eigenvalue weighted by Gasteiger charge is 2.20. The SMILES string of the molecule is O=CC1CNCCC1=O. The Hall–Kier alpha value is -0.700. The summed E-state index contributed by atoms with van der Waals surface area (Å²) in [4.78, 5) is 20.9. The van der Waals surface area contributed by atoms with Crippen LogP contribution in [0.3, 0.4) is 0 Å². The van der Waals surface area contributed by atoms with Crippen molar-refractivity contribution in [1.82, 2.24) is 5.32 Å². The summed E-state index contributed by atoms with van der Waals surface area (Å²) in [6.45, 7) is 1.26. The van der Waals surface area contributed by atoms with E-state index in [1.54, 1.807) is 0 Å². The van der Waals surface area contributed by atoms with E-state index in [2.05, 4.69) is 5.32 Å². The van der Waals surface area contributed by atoms with Crippen molar-refractivity contribution < 1.29 is 9.59 Å². The number of rotatable bonds is 1. The zero-order chi connectivity index (χ0) is 6.69. The molecule has 1 heterocycles. The molecule has 1 rings (SSSR count). The molecule has 1 unspecified atom stereocenters. The zero-order valence-electron chi connectivity index (χ0n) is 5.09. The van der Waals surface area contributed by atoms with E-state index in [4.69, 9.17) is 0 Å². The average molecular weight is 127 g/mol. The smallest absolute Gasteiger partial charge is 0.145 e. The van der Waals surface area contributed by atoms with Crippen LogP contribution in [0.4, 0.5) is 0 Å². The number of Topliss-reactive ketones (excluding diaryl/α,β-unsaturated/α-hetero) is 1. The van der Waals surface area contributed by atoms with Crippen molar-refractivity contribution in [2.75, 3.05) is 13.1 Å². The van der Waals surface area contributed by atoms with Gasteiger partial charge in [0.2, 0.25) is 0 Å². The molecule has 0 aliphatic carbocycles. The first-order valence-corrected chi connectivity index (χ1v) is 3.03. The third-order valence-corrected chi connectivity index (χ3v) is 1.49. The molecule has 1 aliphatic heterocycles. The van der Waals surface area contributed by atoms with Crippen LogP contribution in [-0.4, -0.2) is 25.2 Å². The van der Waals surface area contributed by atoms with E-state index in [9.17, 15) is 9.59 Å². The molecule has 0 saturated carbocycles. The Morgan fingerprint density at radius 1 is 1.67 bits per heavy atom. The first kappa shape index (κ1) is 6.42. The standard InChI is InChI=1S/C6H9NO2/c8-4-5-3-7-2-1-6(5)9/h4-5,7H,1-3H2. The lowest BCUT2D eigenvalue weighted by molar-refractivity contribution is -0.128. The molecule has 3 heteroatoms. The van der Waals surface area contributed by atoms with Crippen molar-refractivity contribution in [2.24, 2.45) is 5.92 Å². The van der Waals surface area contributed by atoms with Gasteiger partial charge in [0.05, 0.1) is 5.92 Å². The highest BCUT2D eigenvalue weighted by atomic mass is 16.1. The van der Waals surface area contributed by atoms with Crippen LogP contribution in [-0.2, 0) is 9.59 Å². The van der Waals surface area contributed by atoms with Gasteiger partial charge in [-0.25, -0.2) is 0 Å². The van der Waals surface area contributed by atoms with Gasteiger partial charge in [0, 0.05) is 19.5 Å². The third kappa shape index (κ3) is 1.36. The second-order valence-electron chi connectivity index (χ2n) is 2.16. The molecule has 3 nitrogen and oxygen atoms in total. The summed E-state index contributed by atoms with van der Waals surface area (Å²) >= 11 is 0. The fourth-order valence-corrected chi connectivity index (χ4v) is 0.892. The van der Waals surface area contributed by atoms with Crippen LogP contribution < -0.4 is 5.32 Å². The molecule has 9 heavy (non-hydrogen) atoms. The minimum Gasteiger partial charge on any atom is -0.315 e. The Morgan fingerprint density at radius 2 is 2.44 bits per heavy atom. The van der Waals surface area contributed by atoms with Crippen molar-refractivity contribution in [3.63, 3.8) is 0 Å². The van der Waals surface area contributed by atoms with E-state index in [0.29, 0.717) is 19.3 Å². The van der Waals surface area contributed by atoms with Gasteiger partial charge in [0.15, 0.2) is 0 Å². The molecule has 0 amide bonds. The second kappa shape index (κ2) is 2.73. The Morgan fingerprint density at radius 3 is 2.89 bits per heavy atom. The molecular weight excluding hydrogens is 118 g/mol. The monoisotopic (exact) mass is 127 g/mol. The molecule has 1 fully saturated rings. The number of hydrogen-bond acceptors (Lipinski definition) is 3. The summed E-state index contributed by atoms with van der Waals surface area (Å²) in [5.41, 5.74) is 0. The van der Waals surface area contributed by atoms with Crippen LogP contribution in [0.25, 0.3) is 0 Å². The van der Waals surface area contributed by atoms with E-state index < -0.39 is 0 Å². The maximum absolute atomic E-state index is 10.8. The van der Waals surface area contributed by atoms with E-state index in [1.165, 1.54) is 0 Å². The van der Waals surface area contributed by atoms with Gasteiger partial charge in [0.25, 0.3) is 0 Å². The normalized spacial score (nSPS) is 28.0. The summed E-state index contributed by atoms with van der Waals surface area (Å²) in [6, 6.07) is 0. The van der Waals surface area contributed by atoms with Crippen molar-refractivity contribution in [3.8, 4) is 0 Å². The molecule has 1 N–H and O–H groups in total. The summed E-state index contributed by atoms with van der Waals surface area (Å²) in [5, 5.41) is 2.96. The fourth-order valence-electron chi connectivity index (χ4n) is 0.892. The van der Waals surface area contributed by atoms with Crippen LogP contribution in [0.2, 0.25) is 0 Å². The van der Waals surface area contributed by atoms with Gasteiger partial charge in [-0.1, -0.05) is 0 Å². The number of carbonyl (C=O) groups is 2. The van der Waals surface area contributed by atoms with Gasteiger partial charge in [-0.15, -0.1) is 0 Å². The molecule has 0 aromatic carbocycles.